The number of halogens is 2. The fraction of sp³-hybridized carbons (Fsp3) is 0.667. The van der Waals surface area contributed by atoms with Gasteiger partial charge in [0.2, 0.25) is 0 Å². The van der Waals surface area contributed by atoms with Crippen molar-refractivity contribution in [1.29, 1.82) is 0 Å². The summed E-state index contributed by atoms with van der Waals surface area (Å²) in [6.07, 6.45) is 1.97. The maximum absolute atomic E-state index is 6.16. The summed E-state index contributed by atoms with van der Waals surface area (Å²) in [5.74, 6) is 1.78. The Morgan fingerprint density at radius 1 is 1.47 bits per heavy atom. The van der Waals surface area contributed by atoms with Crippen LogP contribution in [0, 0.1) is 9.49 Å². The van der Waals surface area contributed by atoms with E-state index in [4.69, 9.17) is 16.3 Å². The van der Waals surface area contributed by atoms with Gasteiger partial charge in [0, 0.05) is 19.6 Å². The SMILES string of the molecule is CC(C)c1nc(CC2CCOC2)nc(Cl)c1I. The van der Waals surface area contributed by atoms with Crippen LogP contribution in [0.25, 0.3) is 0 Å². The van der Waals surface area contributed by atoms with Crippen molar-refractivity contribution in [3.8, 4) is 0 Å². The Bertz CT molecular complexity index is 406. The first-order valence-corrected chi connectivity index (χ1v) is 7.33. The number of rotatable bonds is 3. The third kappa shape index (κ3) is 3.29. The molecule has 0 aromatic carbocycles. The molecule has 17 heavy (non-hydrogen) atoms. The van der Waals surface area contributed by atoms with Crippen LogP contribution in [0.4, 0.5) is 0 Å². The van der Waals surface area contributed by atoms with Crippen molar-refractivity contribution in [3.05, 3.63) is 20.2 Å². The Morgan fingerprint density at radius 3 is 2.82 bits per heavy atom. The zero-order valence-electron chi connectivity index (χ0n) is 10.0. The lowest BCUT2D eigenvalue weighted by atomic mass is 10.0. The van der Waals surface area contributed by atoms with Gasteiger partial charge in [-0.2, -0.15) is 0 Å². The molecule has 0 bridgehead atoms. The number of nitrogens with zero attached hydrogens (tertiary/aromatic N) is 2. The molecule has 5 heteroatoms. The average Bonchev–Trinajstić information content (AvgIpc) is 2.75. The highest BCUT2D eigenvalue weighted by atomic mass is 127. The number of hydrogen-bond acceptors (Lipinski definition) is 3. The van der Waals surface area contributed by atoms with Gasteiger partial charge in [0.05, 0.1) is 9.26 Å². The first-order valence-electron chi connectivity index (χ1n) is 5.87. The van der Waals surface area contributed by atoms with Gasteiger partial charge in [-0.15, -0.1) is 0 Å². The Morgan fingerprint density at radius 2 is 2.24 bits per heavy atom. The highest BCUT2D eigenvalue weighted by molar-refractivity contribution is 14.1. The van der Waals surface area contributed by atoms with E-state index in [0.717, 1.165) is 41.1 Å². The van der Waals surface area contributed by atoms with Crippen molar-refractivity contribution in [2.75, 3.05) is 13.2 Å². The van der Waals surface area contributed by atoms with Gasteiger partial charge in [-0.3, -0.25) is 0 Å². The Labute approximate surface area is 120 Å². The van der Waals surface area contributed by atoms with Crippen LogP contribution < -0.4 is 0 Å². The minimum absolute atomic E-state index is 0.376. The van der Waals surface area contributed by atoms with Crippen molar-refractivity contribution < 1.29 is 4.74 Å². The zero-order valence-corrected chi connectivity index (χ0v) is 13.0. The normalized spacial score (nSPS) is 20.2. The lowest BCUT2D eigenvalue weighted by Crippen LogP contribution is -2.11. The number of ether oxygens (including phenoxy) is 1. The van der Waals surface area contributed by atoms with Crippen LogP contribution in [0.15, 0.2) is 0 Å². The van der Waals surface area contributed by atoms with Crippen LogP contribution in [-0.2, 0) is 11.2 Å². The Hall–Kier alpha value is 0.0600. The molecule has 0 N–H and O–H groups in total. The molecule has 0 spiro atoms. The van der Waals surface area contributed by atoms with Crippen molar-refractivity contribution >= 4 is 34.2 Å². The van der Waals surface area contributed by atoms with Crippen molar-refractivity contribution in [2.45, 2.75) is 32.6 Å². The molecule has 1 atom stereocenters. The minimum atomic E-state index is 0.376. The summed E-state index contributed by atoms with van der Waals surface area (Å²) in [6, 6.07) is 0. The van der Waals surface area contributed by atoms with E-state index in [0.29, 0.717) is 17.0 Å². The second kappa shape index (κ2) is 5.80. The summed E-state index contributed by atoms with van der Waals surface area (Å²) in [5.41, 5.74) is 1.06. The minimum Gasteiger partial charge on any atom is -0.381 e. The van der Waals surface area contributed by atoms with E-state index in [2.05, 4.69) is 46.4 Å². The standard InChI is InChI=1S/C12H16ClIN2O/c1-7(2)11-10(14)12(13)16-9(15-11)5-8-3-4-17-6-8/h7-8H,3-6H2,1-2H3. The molecule has 1 unspecified atom stereocenters. The molecular formula is C12H16ClIN2O. The van der Waals surface area contributed by atoms with Crippen LogP contribution in [0.1, 0.15) is 37.7 Å². The highest BCUT2D eigenvalue weighted by Gasteiger charge is 2.20. The van der Waals surface area contributed by atoms with E-state index in [1.807, 2.05) is 0 Å². The van der Waals surface area contributed by atoms with E-state index in [-0.39, 0.29) is 0 Å². The lowest BCUT2D eigenvalue weighted by molar-refractivity contribution is 0.185. The second-order valence-electron chi connectivity index (χ2n) is 4.72. The average molecular weight is 367 g/mol. The topological polar surface area (TPSA) is 35.0 Å². The maximum Gasteiger partial charge on any atom is 0.146 e. The molecule has 1 aromatic heterocycles. The van der Waals surface area contributed by atoms with E-state index in [1.165, 1.54) is 0 Å². The maximum atomic E-state index is 6.16. The quantitative estimate of drug-likeness (QED) is 0.607. The number of hydrogen-bond donors (Lipinski definition) is 0. The Kier molecular flexibility index (Phi) is 4.60. The van der Waals surface area contributed by atoms with Gasteiger partial charge in [0.25, 0.3) is 0 Å². The molecule has 0 aliphatic carbocycles. The molecule has 0 radical (unpaired) electrons. The first kappa shape index (κ1) is 13.5. The molecule has 1 aliphatic rings. The van der Waals surface area contributed by atoms with E-state index in [1.54, 1.807) is 0 Å². The third-order valence-electron chi connectivity index (χ3n) is 2.92. The van der Waals surface area contributed by atoms with Crippen molar-refractivity contribution in [3.63, 3.8) is 0 Å². The van der Waals surface area contributed by atoms with Gasteiger partial charge in [0.15, 0.2) is 0 Å². The van der Waals surface area contributed by atoms with Gasteiger partial charge in [0.1, 0.15) is 11.0 Å². The Balaban J connectivity index is 2.22. The van der Waals surface area contributed by atoms with Gasteiger partial charge < -0.3 is 4.74 Å². The van der Waals surface area contributed by atoms with Gasteiger partial charge in [-0.05, 0) is 40.8 Å². The molecule has 2 rings (SSSR count). The molecule has 1 saturated heterocycles. The molecule has 1 fully saturated rings. The van der Waals surface area contributed by atoms with E-state index >= 15 is 0 Å². The van der Waals surface area contributed by atoms with Crippen LogP contribution in [0.2, 0.25) is 5.15 Å². The smallest absolute Gasteiger partial charge is 0.146 e. The summed E-state index contributed by atoms with van der Waals surface area (Å²) in [6.45, 7) is 5.94. The van der Waals surface area contributed by atoms with E-state index in [9.17, 15) is 0 Å². The predicted molar refractivity (Wildman–Crippen MR) is 76.5 cm³/mol. The molecule has 0 amide bonds. The molecule has 3 nitrogen and oxygen atoms in total. The predicted octanol–water partition coefficient (Wildman–Crippen LogP) is 3.44. The summed E-state index contributed by atoms with van der Waals surface area (Å²) >= 11 is 8.38. The summed E-state index contributed by atoms with van der Waals surface area (Å²) in [4.78, 5) is 9.01. The summed E-state index contributed by atoms with van der Waals surface area (Å²) in [7, 11) is 0. The van der Waals surface area contributed by atoms with Crippen LogP contribution in [0.5, 0.6) is 0 Å². The van der Waals surface area contributed by atoms with Gasteiger partial charge in [-0.1, -0.05) is 25.4 Å². The molecular weight excluding hydrogens is 351 g/mol. The molecule has 1 aliphatic heterocycles. The fourth-order valence-electron chi connectivity index (χ4n) is 1.96. The molecule has 94 valence electrons. The van der Waals surface area contributed by atoms with Gasteiger partial charge in [-0.25, -0.2) is 9.97 Å². The molecule has 1 aromatic rings. The molecule has 2 heterocycles. The third-order valence-corrected chi connectivity index (χ3v) is 4.58. The monoisotopic (exact) mass is 366 g/mol. The van der Waals surface area contributed by atoms with Crippen LogP contribution in [0.3, 0.4) is 0 Å². The largest absolute Gasteiger partial charge is 0.381 e. The molecule has 0 saturated carbocycles. The first-order chi connectivity index (χ1) is 8.08. The highest BCUT2D eigenvalue weighted by Crippen LogP contribution is 2.26. The van der Waals surface area contributed by atoms with Crippen molar-refractivity contribution in [2.24, 2.45) is 5.92 Å². The number of aromatic nitrogens is 2. The van der Waals surface area contributed by atoms with Gasteiger partial charge >= 0.3 is 0 Å². The fourth-order valence-corrected chi connectivity index (χ4v) is 3.02. The summed E-state index contributed by atoms with van der Waals surface area (Å²) in [5, 5.41) is 0.582. The zero-order chi connectivity index (χ0) is 12.4. The van der Waals surface area contributed by atoms with Crippen molar-refractivity contribution in [1.82, 2.24) is 9.97 Å². The second-order valence-corrected chi connectivity index (χ2v) is 6.16. The van der Waals surface area contributed by atoms with Crippen LogP contribution in [-0.4, -0.2) is 23.2 Å². The summed E-state index contributed by atoms with van der Waals surface area (Å²) < 4.78 is 6.35. The lowest BCUT2D eigenvalue weighted by Gasteiger charge is -2.12. The van der Waals surface area contributed by atoms with E-state index < -0.39 is 0 Å². The van der Waals surface area contributed by atoms with Crippen LogP contribution >= 0.6 is 34.2 Å².